The number of furan rings is 1. The average molecular weight is 520 g/mol. The second kappa shape index (κ2) is 13.8. The Morgan fingerprint density at radius 1 is 1.24 bits per heavy atom. The Bertz CT molecular complexity index is 627. The summed E-state index contributed by atoms with van der Waals surface area (Å²) in [6.07, 6.45) is 8.47. The maximum absolute atomic E-state index is 12.0. The molecule has 1 heterocycles. The Morgan fingerprint density at radius 3 is 2.59 bits per heavy atom. The quantitative estimate of drug-likeness (QED) is 0.180. The molecule has 1 aliphatic carbocycles. The highest BCUT2D eigenvalue weighted by Gasteiger charge is 2.33. The second-order valence-corrected chi connectivity index (χ2v) is 7.61. The number of carbonyl (C=O) groups is 1. The van der Waals surface area contributed by atoms with Crippen LogP contribution in [0.5, 0.6) is 0 Å². The van der Waals surface area contributed by atoms with Gasteiger partial charge < -0.3 is 25.1 Å². The fourth-order valence-corrected chi connectivity index (χ4v) is 3.70. The number of nitrogens with zero attached hydrogens (tertiary/aromatic N) is 1. The zero-order chi connectivity index (χ0) is 20.2. The lowest BCUT2D eigenvalue weighted by atomic mass is 9.83. The molecule has 1 aromatic rings. The van der Waals surface area contributed by atoms with E-state index < -0.39 is 0 Å². The van der Waals surface area contributed by atoms with Gasteiger partial charge in [-0.2, -0.15) is 0 Å². The van der Waals surface area contributed by atoms with Gasteiger partial charge in [0, 0.05) is 45.5 Å². The van der Waals surface area contributed by atoms with Crippen molar-refractivity contribution in [2.45, 2.75) is 52.4 Å². The molecule has 1 fully saturated rings. The van der Waals surface area contributed by atoms with Gasteiger partial charge in [0.05, 0.1) is 6.26 Å². The number of ether oxygens (including phenoxy) is 1. The van der Waals surface area contributed by atoms with E-state index in [4.69, 9.17) is 14.1 Å². The van der Waals surface area contributed by atoms with E-state index in [1.165, 1.54) is 31.9 Å². The number of nitrogens with one attached hydrogen (secondary N) is 3. The first kappa shape index (κ1) is 25.7. The topological polar surface area (TPSA) is 87.9 Å². The molecule has 2 rings (SSSR count). The van der Waals surface area contributed by atoms with Crippen LogP contribution in [0.25, 0.3) is 0 Å². The SMILES string of the molecule is CCNC(=NCC1(CCOC)CCCC1)NCCCNC(=O)c1occc1C.I. The molecule has 0 unspecified atom stereocenters. The molecule has 0 bridgehead atoms. The molecule has 1 amide bonds. The molecular weight excluding hydrogens is 483 g/mol. The van der Waals surface area contributed by atoms with E-state index in [1.54, 1.807) is 13.2 Å². The number of halogens is 1. The van der Waals surface area contributed by atoms with Crippen molar-refractivity contribution >= 4 is 35.8 Å². The van der Waals surface area contributed by atoms with Crippen LogP contribution in [-0.4, -0.2) is 51.8 Å². The van der Waals surface area contributed by atoms with Gasteiger partial charge in [-0.05, 0) is 51.0 Å². The van der Waals surface area contributed by atoms with Gasteiger partial charge in [-0.1, -0.05) is 12.8 Å². The van der Waals surface area contributed by atoms with E-state index in [0.717, 1.165) is 50.6 Å². The Kier molecular flexibility index (Phi) is 12.3. The van der Waals surface area contributed by atoms with Crippen molar-refractivity contribution in [2.75, 3.05) is 39.9 Å². The van der Waals surface area contributed by atoms with Crippen molar-refractivity contribution in [2.24, 2.45) is 10.4 Å². The van der Waals surface area contributed by atoms with E-state index in [-0.39, 0.29) is 35.3 Å². The van der Waals surface area contributed by atoms with E-state index in [9.17, 15) is 4.79 Å². The van der Waals surface area contributed by atoms with Crippen molar-refractivity contribution in [3.63, 3.8) is 0 Å². The first-order valence-corrected chi connectivity index (χ1v) is 10.4. The molecule has 0 radical (unpaired) electrons. The Hall–Kier alpha value is -1.29. The van der Waals surface area contributed by atoms with Crippen molar-refractivity contribution in [3.8, 4) is 0 Å². The average Bonchev–Trinajstić information content (AvgIpc) is 3.33. The Labute approximate surface area is 191 Å². The zero-order valence-corrected chi connectivity index (χ0v) is 20.3. The van der Waals surface area contributed by atoms with Crippen LogP contribution >= 0.6 is 24.0 Å². The second-order valence-electron chi connectivity index (χ2n) is 7.61. The number of aliphatic imine (C=N–C) groups is 1. The lowest BCUT2D eigenvalue weighted by molar-refractivity contribution is 0.0925. The highest BCUT2D eigenvalue weighted by molar-refractivity contribution is 14.0. The smallest absolute Gasteiger partial charge is 0.287 e. The predicted octanol–water partition coefficient (Wildman–Crippen LogP) is 3.48. The largest absolute Gasteiger partial charge is 0.459 e. The lowest BCUT2D eigenvalue weighted by Gasteiger charge is -2.27. The third kappa shape index (κ3) is 8.54. The van der Waals surface area contributed by atoms with Gasteiger partial charge in [-0.3, -0.25) is 9.79 Å². The van der Waals surface area contributed by atoms with Crippen LogP contribution in [0.15, 0.2) is 21.7 Å². The van der Waals surface area contributed by atoms with Gasteiger partial charge in [0.1, 0.15) is 0 Å². The van der Waals surface area contributed by atoms with Crippen LogP contribution in [0.2, 0.25) is 0 Å². The Balaban J connectivity index is 0.00000420. The normalized spacial score (nSPS) is 15.6. The van der Waals surface area contributed by atoms with E-state index in [0.29, 0.717) is 12.3 Å². The molecule has 7 nitrogen and oxygen atoms in total. The molecule has 29 heavy (non-hydrogen) atoms. The summed E-state index contributed by atoms with van der Waals surface area (Å²) < 4.78 is 10.5. The molecule has 166 valence electrons. The summed E-state index contributed by atoms with van der Waals surface area (Å²) in [7, 11) is 1.77. The molecule has 0 saturated heterocycles. The van der Waals surface area contributed by atoms with Crippen molar-refractivity contribution < 1.29 is 13.9 Å². The summed E-state index contributed by atoms with van der Waals surface area (Å²) in [6, 6.07) is 1.79. The van der Waals surface area contributed by atoms with Crippen LogP contribution < -0.4 is 16.0 Å². The molecular formula is C21H37IN4O3. The van der Waals surface area contributed by atoms with Crippen molar-refractivity contribution in [1.82, 2.24) is 16.0 Å². The summed E-state index contributed by atoms with van der Waals surface area (Å²) >= 11 is 0. The minimum Gasteiger partial charge on any atom is -0.459 e. The van der Waals surface area contributed by atoms with E-state index >= 15 is 0 Å². The van der Waals surface area contributed by atoms with Crippen LogP contribution in [0.4, 0.5) is 0 Å². The first-order valence-electron chi connectivity index (χ1n) is 10.4. The molecule has 0 spiro atoms. The van der Waals surface area contributed by atoms with Gasteiger partial charge in [-0.25, -0.2) is 0 Å². The third-order valence-electron chi connectivity index (χ3n) is 5.42. The van der Waals surface area contributed by atoms with Crippen LogP contribution in [0.3, 0.4) is 0 Å². The number of methoxy groups -OCH3 is 1. The van der Waals surface area contributed by atoms with E-state index in [2.05, 4.69) is 22.9 Å². The van der Waals surface area contributed by atoms with Gasteiger partial charge in [0.25, 0.3) is 5.91 Å². The summed E-state index contributed by atoms with van der Waals surface area (Å²) in [5.74, 6) is 1.07. The summed E-state index contributed by atoms with van der Waals surface area (Å²) in [6.45, 7) is 7.72. The zero-order valence-electron chi connectivity index (χ0n) is 18.0. The fourth-order valence-electron chi connectivity index (χ4n) is 3.70. The van der Waals surface area contributed by atoms with Gasteiger partial charge in [0.2, 0.25) is 0 Å². The molecule has 1 aliphatic rings. The van der Waals surface area contributed by atoms with Gasteiger partial charge >= 0.3 is 0 Å². The Morgan fingerprint density at radius 2 is 1.97 bits per heavy atom. The van der Waals surface area contributed by atoms with Crippen molar-refractivity contribution in [1.29, 1.82) is 0 Å². The number of amides is 1. The fraction of sp³-hybridized carbons (Fsp3) is 0.714. The summed E-state index contributed by atoms with van der Waals surface area (Å²) in [5, 5.41) is 9.58. The number of aryl methyl sites for hydroxylation is 1. The van der Waals surface area contributed by atoms with E-state index in [1.807, 2.05) is 6.92 Å². The third-order valence-corrected chi connectivity index (χ3v) is 5.42. The minimum atomic E-state index is -0.163. The van der Waals surface area contributed by atoms with Crippen LogP contribution in [0, 0.1) is 12.3 Å². The minimum absolute atomic E-state index is 0. The molecule has 8 heteroatoms. The highest BCUT2D eigenvalue weighted by atomic mass is 127. The number of guanidine groups is 1. The molecule has 1 aromatic heterocycles. The van der Waals surface area contributed by atoms with Crippen molar-refractivity contribution in [3.05, 3.63) is 23.7 Å². The monoisotopic (exact) mass is 520 g/mol. The maximum atomic E-state index is 12.0. The maximum Gasteiger partial charge on any atom is 0.287 e. The van der Waals surface area contributed by atoms with Crippen LogP contribution in [0.1, 0.15) is 61.6 Å². The number of hydrogen-bond donors (Lipinski definition) is 3. The highest BCUT2D eigenvalue weighted by Crippen LogP contribution is 2.41. The summed E-state index contributed by atoms with van der Waals surface area (Å²) in [5.41, 5.74) is 1.14. The van der Waals surface area contributed by atoms with Gasteiger partial charge in [0.15, 0.2) is 11.7 Å². The first-order chi connectivity index (χ1) is 13.6. The van der Waals surface area contributed by atoms with Crippen LogP contribution in [-0.2, 0) is 4.74 Å². The molecule has 1 saturated carbocycles. The lowest BCUT2D eigenvalue weighted by Crippen LogP contribution is -2.39. The molecule has 0 aliphatic heterocycles. The predicted molar refractivity (Wildman–Crippen MR) is 127 cm³/mol. The standard InChI is InChI=1S/C21H36N4O3.HI/c1-4-22-20(25-16-21(11-15-27-3)9-5-6-10-21)24-13-7-12-23-19(26)18-17(2)8-14-28-18;/h8,14H,4-7,9-13,15-16H2,1-3H3,(H,23,26)(H2,22,24,25);1H. The number of carbonyl (C=O) groups excluding carboxylic acids is 1. The molecule has 3 N–H and O–H groups in total. The molecule has 0 atom stereocenters. The number of hydrogen-bond acceptors (Lipinski definition) is 4. The molecule has 0 aromatic carbocycles. The van der Waals surface area contributed by atoms with Gasteiger partial charge in [-0.15, -0.1) is 24.0 Å². The number of rotatable bonds is 11. The summed E-state index contributed by atoms with van der Waals surface area (Å²) in [4.78, 5) is 16.9.